The van der Waals surface area contributed by atoms with Crippen molar-refractivity contribution in [3.63, 3.8) is 0 Å². The highest BCUT2D eigenvalue weighted by atomic mass is 28.4. The van der Waals surface area contributed by atoms with Gasteiger partial charge in [0.2, 0.25) is 0 Å². The molecule has 0 N–H and O–H groups in total. The smallest absolute Gasteiger partial charge is 0.361 e. The van der Waals surface area contributed by atoms with Crippen molar-refractivity contribution < 1.29 is 13.6 Å². The van der Waals surface area contributed by atoms with Crippen LogP contribution in [0.25, 0.3) is 0 Å². The van der Waals surface area contributed by atoms with Crippen molar-refractivity contribution in [3.05, 3.63) is 71.5 Å². The fourth-order valence-corrected chi connectivity index (χ4v) is 3.18. The molecule has 0 unspecified atom stereocenters. The predicted octanol–water partition coefficient (Wildman–Crippen LogP) is 3.87. The van der Waals surface area contributed by atoms with E-state index in [9.17, 15) is 0 Å². The zero-order chi connectivity index (χ0) is 15.8. The van der Waals surface area contributed by atoms with Crippen LogP contribution in [-0.2, 0) is 20.2 Å². The van der Waals surface area contributed by atoms with Crippen LogP contribution in [0.2, 0.25) is 6.55 Å². The molecule has 0 saturated carbocycles. The van der Waals surface area contributed by atoms with Gasteiger partial charge in [-0.15, -0.1) is 0 Å². The molecule has 1 aliphatic carbocycles. The van der Waals surface area contributed by atoms with Gasteiger partial charge in [0, 0.05) is 20.1 Å². The molecule has 118 valence electrons. The Labute approximate surface area is 134 Å². The molecule has 3 nitrogen and oxygen atoms in total. The maximum Gasteiger partial charge on any atom is 0.361 e. The van der Waals surface area contributed by atoms with E-state index in [-0.39, 0.29) is 0 Å². The van der Waals surface area contributed by atoms with Gasteiger partial charge < -0.3 is 13.6 Å². The van der Waals surface area contributed by atoms with Crippen LogP contribution in [0.4, 0.5) is 0 Å². The Bertz CT molecular complexity index is 530. The summed E-state index contributed by atoms with van der Waals surface area (Å²) < 4.78 is 16.4. The zero-order valence-electron chi connectivity index (χ0n) is 13.5. The van der Waals surface area contributed by atoms with Gasteiger partial charge in [0.25, 0.3) is 0 Å². The molecule has 0 heterocycles. The Hall–Kier alpha value is -1.46. The molecule has 0 saturated heterocycles. The van der Waals surface area contributed by atoms with Crippen molar-refractivity contribution in [1.29, 1.82) is 0 Å². The summed E-state index contributed by atoms with van der Waals surface area (Å²) in [7, 11) is 1.23. The first-order chi connectivity index (χ1) is 10.7. The van der Waals surface area contributed by atoms with Crippen molar-refractivity contribution in [2.75, 3.05) is 20.8 Å². The van der Waals surface area contributed by atoms with E-state index in [4.69, 9.17) is 13.6 Å². The fraction of sp³-hybridized carbons (Fsp3) is 0.333. The maximum atomic E-state index is 5.67. The average molecular weight is 316 g/mol. The normalized spacial score (nSPS) is 15.2. The SMILES string of the molecule is CO[Si](C)(/C=C/COCc1ccc(C2C=CC=C2)cc1)OC. The number of rotatable bonds is 8. The minimum atomic E-state index is -2.12. The molecule has 0 amide bonds. The number of benzene rings is 1. The van der Waals surface area contributed by atoms with Crippen molar-refractivity contribution in [1.82, 2.24) is 0 Å². The quantitative estimate of drug-likeness (QED) is 0.538. The molecule has 0 aliphatic heterocycles. The van der Waals surface area contributed by atoms with Crippen LogP contribution in [0.1, 0.15) is 17.0 Å². The second-order valence-electron chi connectivity index (χ2n) is 5.38. The van der Waals surface area contributed by atoms with Crippen LogP contribution in [0, 0.1) is 0 Å². The molecular weight excluding hydrogens is 292 g/mol. The third-order valence-electron chi connectivity index (χ3n) is 3.83. The monoisotopic (exact) mass is 316 g/mol. The summed E-state index contributed by atoms with van der Waals surface area (Å²) in [6.07, 6.45) is 10.5. The molecule has 0 radical (unpaired) electrons. The van der Waals surface area contributed by atoms with Crippen LogP contribution < -0.4 is 0 Å². The predicted molar refractivity (Wildman–Crippen MR) is 91.9 cm³/mol. The standard InChI is InChI=1S/C18H24O3Si/c1-19-22(3,20-2)14-6-13-21-15-16-9-11-18(12-10-16)17-7-4-5-8-17/h4-12,14,17H,13,15H2,1-3H3/b14-6+. The highest BCUT2D eigenvalue weighted by Gasteiger charge is 2.24. The highest BCUT2D eigenvalue weighted by Crippen LogP contribution is 2.23. The van der Waals surface area contributed by atoms with Gasteiger partial charge in [0.05, 0.1) is 13.2 Å². The molecular formula is C18H24O3Si. The lowest BCUT2D eigenvalue weighted by molar-refractivity contribution is 0.148. The average Bonchev–Trinajstić information content (AvgIpc) is 3.09. The molecule has 1 aromatic rings. The summed E-state index contributed by atoms with van der Waals surface area (Å²) in [6, 6.07) is 8.59. The van der Waals surface area contributed by atoms with Crippen LogP contribution in [0.3, 0.4) is 0 Å². The van der Waals surface area contributed by atoms with Gasteiger partial charge in [-0.05, 0) is 23.4 Å². The van der Waals surface area contributed by atoms with Gasteiger partial charge in [-0.1, -0.05) is 54.6 Å². The molecule has 0 aromatic heterocycles. The van der Waals surface area contributed by atoms with Crippen LogP contribution in [0.15, 0.2) is 60.3 Å². The minimum Gasteiger partial charge on any atom is -0.395 e. The van der Waals surface area contributed by atoms with Crippen molar-refractivity contribution in [2.24, 2.45) is 0 Å². The van der Waals surface area contributed by atoms with E-state index < -0.39 is 8.56 Å². The Morgan fingerprint density at radius 3 is 2.27 bits per heavy atom. The lowest BCUT2D eigenvalue weighted by Crippen LogP contribution is -2.33. The summed E-state index contributed by atoms with van der Waals surface area (Å²) in [6.45, 7) is 3.17. The van der Waals surface area contributed by atoms with E-state index in [1.807, 2.05) is 18.3 Å². The fourth-order valence-electron chi connectivity index (χ4n) is 2.22. The van der Waals surface area contributed by atoms with Gasteiger partial charge in [0.15, 0.2) is 0 Å². The summed E-state index contributed by atoms with van der Waals surface area (Å²) in [5.74, 6) is 0.420. The number of ether oxygens (including phenoxy) is 1. The van der Waals surface area contributed by atoms with Crippen LogP contribution in [0.5, 0.6) is 0 Å². The maximum absolute atomic E-state index is 5.67. The van der Waals surface area contributed by atoms with Gasteiger partial charge in [-0.3, -0.25) is 0 Å². The first-order valence-electron chi connectivity index (χ1n) is 7.46. The van der Waals surface area contributed by atoms with Gasteiger partial charge in [-0.25, -0.2) is 0 Å². The van der Waals surface area contributed by atoms with Gasteiger partial charge in [-0.2, -0.15) is 0 Å². The molecule has 2 rings (SSSR count). The van der Waals surface area contributed by atoms with Crippen molar-refractivity contribution in [2.45, 2.75) is 19.1 Å². The molecule has 0 bridgehead atoms. The summed E-state index contributed by atoms with van der Waals surface area (Å²) in [5.41, 5.74) is 4.49. The summed E-state index contributed by atoms with van der Waals surface area (Å²) in [5, 5.41) is 0. The number of hydrogen-bond acceptors (Lipinski definition) is 3. The first kappa shape index (κ1) is 16.9. The number of allylic oxidation sites excluding steroid dienone is 4. The lowest BCUT2D eigenvalue weighted by atomic mass is 10.00. The third-order valence-corrected chi connectivity index (χ3v) is 6.29. The number of hydrogen-bond donors (Lipinski definition) is 0. The van der Waals surface area contributed by atoms with Gasteiger partial charge in [0.1, 0.15) is 0 Å². The third kappa shape index (κ3) is 4.78. The molecule has 0 spiro atoms. The Kier molecular flexibility index (Phi) is 6.33. The van der Waals surface area contributed by atoms with Crippen molar-refractivity contribution in [3.8, 4) is 0 Å². The first-order valence-corrected chi connectivity index (χ1v) is 9.86. The topological polar surface area (TPSA) is 27.7 Å². The molecule has 0 fully saturated rings. The lowest BCUT2D eigenvalue weighted by Gasteiger charge is -2.17. The Morgan fingerprint density at radius 1 is 1.05 bits per heavy atom. The minimum absolute atomic E-state index is 0.420. The van der Waals surface area contributed by atoms with E-state index in [0.717, 1.165) is 0 Å². The van der Waals surface area contributed by atoms with E-state index >= 15 is 0 Å². The highest BCUT2D eigenvalue weighted by molar-refractivity contribution is 6.71. The Balaban J connectivity index is 1.76. The van der Waals surface area contributed by atoms with Crippen LogP contribution in [-0.4, -0.2) is 29.4 Å². The van der Waals surface area contributed by atoms with Crippen LogP contribution >= 0.6 is 0 Å². The van der Waals surface area contributed by atoms with E-state index in [2.05, 4.69) is 48.6 Å². The molecule has 4 heteroatoms. The van der Waals surface area contributed by atoms with Gasteiger partial charge >= 0.3 is 8.56 Å². The molecule has 1 aromatic carbocycles. The van der Waals surface area contributed by atoms with Crippen molar-refractivity contribution >= 4 is 8.56 Å². The zero-order valence-corrected chi connectivity index (χ0v) is 14.5. The molecule has 1 aliphatic rings. The molecule has 22 heavy (non-hydrogen) atoms. The largest absolute Gasteiger partial charge is 0.395 e. The second-order valence-corrected chi connectivity index (χ2v) is 8.56. The van der Waals surface area contributed by atoms with E-state index in [1.54, 1.807) is 14.2 Å². The molecule has 0 atom stereocenters. The second kappa shape index (κ2) is 8.24. The Morgan fingerprint density at radius 2 is 1.68 bits per heavy atom. The van der Waals surface area contributed by atoms with E-state index in [1.165, 1.54) is 11.1 Å². The van der Waals surface area contributed by atoms with E-state index in [0.29, 0.717) is 19.1 Å². The summed E-state index contributed by atoms with van der Waals surface area (Å²) in [4.78, 5) is 0. The summed E-state index contributed by atoms with van der Waals surface area (Å²) >= 11 is 0.